The fraction of sp³-hybridized carbons (Fsp3) is 0.100. The average Bonchev–Trinajstić information content (AvgIpc) is 2.70. The number of amides is 1. The maximum atomic E-state index is 13.1. The van der Waals surface area contributed by atoms with Gasteiger partial charge in [-0.05, 0) is 55.5 Å². The summed E-state index contributed by atoms with van der Waals surface area (Å²) < 4.78 is 18.7. The first kappa shape index (κ1) is 19.7. The van der Waals surface area contributed by atoms with E-state index < -0.39 is 28.9 Å². The van der Waals surface area contributed by atoms with Crippen LogP contribution in [0.25, 0.3) is 5.69 Å². The van der Waals surface area contributed by atoms with Gasteiger partial charge in [-0.15, -0.1) is 0 Å². The summed E-state index contributed by atoms with van der Waals surface area (Å²) in [5.74, 6) is -1.78. The predicted octanol–water partition coefficient (Wildman–Crippen LogP) is 2.09. The van der Waals surface area contributed by atoms with Crippen LogP contribution in [0.15, 0.2) is 64.3 Å². The van der Waals surface area contributed by atoms with Crippen LogP contribution in [0.1, 0.15) is 27.6 Å². The molecular formula is C20H16FN3O5. The van der Waals surface area contributed by atoms with Crippen LogP contribution in [0.5, 0.6) is 0 Å². The highest BCUT2D eigenvalue weighted by atomic mass is 19.1. The molecule has 9 heteroatoms. The Bertz CT molecular complexity index is 1160. The first-order chi connectivity index (χ1) is 13.9. The predicted molar refractivity (Wildman–Crippen MR) is 103 cm³/mol. The Kier molecular flexibility index (Phi) is 5.68. The number of aromatic amines is 1. The Morgan fingerprint density at radius 3 is 2.34 bits per heavy atom. The maximum Gasteiger partial charge on any atom is 0.338 e. The van der Waals surface area contributed by atoms with Gasteiger partial charge in [0.15, 0.2) is 0 Å². The van der Waals surface area contributed by atoms with E-state index in [1.807, 2.05) is 0 Å². The van der Waals surface area contributed by atoms with Gasteiger partial charge in [0.1, 0.15) is 11.4 Å². The molecule has 0 unspecified atom stereocenters. The Labute approximate surface area is 163 Å². The van der Waals surface area contributed by atoms with Crippen molar-refractivity contribution < 1.29 is 18.7 Å². The van der Waals surface area contributed by atoms with Crippen LogP contribution in [0.3, 0.4) is 0 Å². The van der Waals surface area contributed by atoms with E-state index in [-0.39, 0.29) is 17.9 Å². The monoisotopic (exact) mass is 397 g/mol. The molecule has 0 aliphatic rings. The van der Waals surface area contributed by atoms with Crippen molar-refractivity contribution in [1.29, 1.82) is 0 Å². The van der Waals surface area contributed by atoms with Gasteiger partial charge >= 0.3 is 11.7 Å². The number of esters is 1. The van der Waals surface area contributed by atoms with Gasteiger partial charge in [-0.1, -0.05) is 0 Å². The van der Waals surface area contributed by atoms with Crippen molar-refractivity contribution in [3.63, 3.8) is 0 Å². The van der Waals surface area contributed by atoms with E-state index in [2.05, 4.69) is 10.3 Å². The number of nitrogens with zero attached hydrogens (tertiary/aromatic N) is 1. The zero-order valence-corrected chi connectivity index (χ0v) is 15.3. The molecule has 1 heterocycles. The van der Waals surface area contributed by atoms with Gasteiger partial charge in [0.2, 0.25) is 0 Å². The van der Waals surface area contributed by atoms with Crippen LogP contribution >= 0.6 is 0 Å². The molecule has 0 fully saturated rings. The minimum absolute atomic E-state index is 0.117. The Hall–Kier alpha value is -4.01. The van der Waals surface area contributed by atoms with Crippen molar-refractivity contribution in [3.8, 4) is 5.69 Å². The van der Waals surface area contributed by atoms with Crippen LogP contribution in [0.2, 0.25) is 0 Å². The first-order valence-electron chi connectivity index (χ1n) is 8.60. The lowest BCUT2D eigenvalue weighted by molar-refractivity contribution is 0.0526. The fourth-order valence-corrected chi connectivity index (χ4v) is 2.56. The number of benzene rings is 2. The minimum atomic E-state index is -0.860. The van der Waals surface area contributed by atoms with Gasteiger partial charge in [0.05, 0.1) is 17.9 Å². The molecule has 0 aliphatic heterocycles. The number of H-pyrrole nitrogens is 1. The summed E-state index contributed by atoms with van der Waals surface area (Å²) in [4.78, 5) is 51.2. The molecule has 2 aromatic carbocycles. The zero-order chi connectivity index (χ0) is 21.0. The lowest BCUT2D eigenvalue weighted by Crippen LogP contribution is -2.38. The van der Waals surface area contributed by atoms with E-state index in [0.717, 1.165) is 22.9 Å². The third-order valence-electron chi connectivity index (χ3n) is 3.96. The standard InChI is InChI=1S/C20H16FN3O5/c1-2-29-19(27)12-3-7-14(8-4-12)23-17(25)16-11-22-20(28)24(18(16)26)15-9-5-13(21)6-10-15/h3-11H,2H2,1H3,(H,22,28)(H,23,25). The Balaban J connectivity index is 1.87. The van der Waals surface area contributed by atoms with Crippen molar-refractivity contribution in [2.24, 2.45) is 0 Å². The summed E-state index contributed by atoms with van der Waals surface area (Å²) in [7, 11) is 0. The molecule has 8 nitrogen and oxygen atoms in total. The number of aromatic nitrogens is 2. The van der Waals surface area contributed by atoms with Crippen LogP contribution in [-0.2, 0) is 4.74 Å². The second-order valence-electron chi connectivity index (χ2n) is 5.88. The van der Waals surface area contributed by atoms with E-state index in [9.17, 15) is 23.6 Å². The van der Waals surface area contributed by atoms with Crippen LogP contribution in [-0.4, -0.2) is 28.0 Å². The van der Waals surface area contributed by atoms with Gasteiger partial charge in [-0.3, -0.25) is 9.59 Å². The molecule has 0 saturated heterocycles. The molecular weight excluding hydrogens is 381 g/mol. The van der Waals surface area contributed by atoms with Gasteiger partial charge in [-0.25, -0.2) is 18.5 Å². The summed E-state index contributed by atoms with van der Waals surface area (Å²) >= 11 is 0. The number of hydrogen-bond donors (Lipinski definition) is 2. The summed E-state index contributed by atoms with van der Waals surface area (Å²) in [6.07, 6.45) is 1.01. The second kappa shape index (κ2) is 8.34. The summed E-state index contributed by atoms with van der Waals surface area (Å²) in [6.45, 7) is 1.93. The molecule has 0 aliphatic carbocycles. The molecule has 0 radical (unpaired) electrons. The largest absolute Gasteiger partial charge is 0.462 e. The highest BCUT2D eigenvalue weighted by Crippen LogP contribution is 2.12. The van der Waals surface area contributed by atoms with Crippen molar-refractivity contribution in [1.82, 2.24) is 9.55 Å². The number of ether oxygens (including phenoxy) is 1. The van der Waals surface area contributed by atoms with E-state index in [0.29, 0.717) is 11.3 Å². The van der Waals surface area contributed by atoms with E-state index in [1.165, 1.54) is 36.4 Å². The number of hydrogen-bond acceptors (Lipinski definition) is 5. The molecule has 0 saturated carbocycles. The smallest absolute Gasteiger partial charge is 0.338 e. The number of carbonyl (C=O) groups excluding carboxylic acids is 2. The van der Waals surface area contributed by atoms with Crippen LogP contribution < -0.4 is 16.6 Å². The zero-order valence-electron chi connectivity index (χ0n) is 15.3. The van der Waals surface area contributed by atoms with Gasteiger partial charge in [0, 0.05) is 11.9 Å². The SMILES string of the molecule is CCOC(=O)c1ccc(NC(=O)c2c[nH]c(=O)n(-c3ccc(F)cc3)c2=O)cc1. The maximum absolute atomic E-state index is 13.1. The Morgan fingerprint density at radius 2 is 1.72 bits per heavy atom. The molecule has 1 amide bonds. The summed E-state index contributed by atoms with van der Waals surface area (Å²) in [5.41, 5.74) is -1.18. The fourth-order valence-electron chi connectivity index (χ4n) is 2.56. The quantitative estimate of drug-likeness (QED) is 0.641. The topological polar surface area (TPSA) is 110 Å². The van der Waals surface area contributed by atoms with Gasteiger partial charge < -0.3 is 15.0 Å². The summed E-state index contributed by atoms with van der Waals surface area (Å²) in [6, 6.07) is 10.6. The normalized spacial score (nSPS) is 10.4. The minimum Gasteiger partial charge on any atom is -0.462 e. The number of nitrogens with one attached hydrogen (secondary N) is 2. The van der Waals surface area contributed by atoms with Crippen LogP contribution in [0.4, 0.5) is 10.1 Å². The molecule has 0 bridgehead atoms. The lowest BCUT2D eigenvalue weighted by atomic mass is 10.2. The first-order valence-corrected chi connectivity index (χ1v) is 8.60. The third kappa shape index (κ3) is 4.29. The number of halogens is 1. The van der Waals surface area contributed by atoms with Gasteiger partial charge in [-0.2, -0.15) is 0 Å². The van der Waals surface area contributed by atoms with Crippen molar-refractivity contribution in [2.75, 3.05) is 11.9 Å². The molecule has 3 aromatic rings. The average molecular weight is 397 g/mol. The van der Waals surface area contributed by atoms with Crippen LogP contribution in [0, 0.1) is 5.82 Å². The van der Waals surface area contributed by atoms with Crippen molar-refractivity contribution in [2.45, 2.75) is 6.92 Å². The molecule has 0 spiro atoms. The number of carbonyl (C=O) groups is 2. The number of rotatable bonds is 5. The summed E-state index contributed by atoms with van der Waals surface area (Å²) in [5, 5.41) is 2.52. The third-order valence-corrected chi connectivity index (χ3v) is 3.96. The highest BCUT2D eigenvalue weighted by Gasteiger charge is 2.16. The van der Waals surface area contributed by atoms with Crippen molar-refractivity contribution in [3.05, 3.63) is 92.5 Å². The molecule has 0 atom stereocenters. The number of anilines is 1. The van der Waals surface area contributed by atoms with E-state index >= 15 is 0 Å². The highest BCUT2D eigenvalue weighted by molar-refractivity contribution is 6.04. The molecule has 148 valence electrons. The second-order valence-corrected chi connectivity index (χ2v) is 5.88. The molecule has 29 heavy (non-hydrogen) atoms. The lowest BCUT2D eigenvalue weighted by Gasteiger charge is -2.09. The van der Waals surface area contributed by atoms with Crippen molar-refractivity contribution >= 4 is 17.6 Å². The van der Waals surface area contributed by atoms with Gasteiger partial charge in [0.25, 0.3) is 11.5 Å². The van der Waals surface area contributed by atoms with E-state index in [1.54, 1.807) is 6.92 Å². The molecule has 1 aromatic heterocycles. The Morgan fingerprint density at radius 1 is 1.07 bits per heavy atom. The van der Waals surface area contributed by atoms with E-state index in [4.69, 9.17) is 4.74 Å². The molecule has 3 rings (SSSR count). The molecule has 2 N–H and O–H groups in total.